The molecule has 1 atom stereocenters. The molecule has 0 aliphatic heterocycles. The minimum atomic E-state index is -4.26. The number of pyridine rings is 1. The fourth-order valence-corrected chi connectivity index (χ4v) is 6.39. The van der Waals surface area contributed by atoms with Gasteiger partial charge in [0.2, 0.25) is 0 Å². The second kappa shape index (κ2) is 10.1. The Morgan fingerprint density at radius 3 is 2.49 bits per heavy atom. The van der Waals surface area contributed by atoms with Gasteiger partial charge in [-0.1, -0.05) is 18.2 Å². The van der Waals surface area contributed by atoms with Crippen LogP contribution in [-0.2, 0) is 27.0 Å². The standard InChI is InChI=1S/C22H19F2N3O6S2/c1-31-19-10-11-25-17(20(19)32-2)13-34(28)22-26-16-12-14(33-21(23)24)8-9-18(16)27(22)35(29,30)15-6-4-3-5-7-15/h3-12,21H,13H2,1-2H3. The van der Waals surface area contributed by atoms with Crippen LogP contribution in [0.3, 0.4) is 0 Å². The van der Waals surface area contributed by atoms with E-state index in [2.05, 4.69) is 14.7 Å². The summed E-state index contributed by atoms with van der Waals surface area (Å²) >= 11 is -2.05. The highest BCUT2D eigenvalue weighted by Gasteiger charge is 2.32. The number of alkyl halides is 2. The normalized spacial score (nSPS) is 12.6. The lowest BCUT2D eigenvalue weighted by molar-refractivity contribution is -0.0497. The number of aromatic nitrogens is 3. The van der Waals surface area contributed by atoms with Crippen LogP contribution < -0.4 is 14.2 Å². The number of methoxy groups -OCH3 is 2. The van der Waals surface area contributed by atoms with E-state index in [0.717, 1.165) is 10.0 Å². The number of nitrogens with zero attached hydrogens (tertiary/aromatic N) is 3. The number of hydrogen-bond acceptors (Lipinski definition) is 8. The van der Waals surface area contributed by atoms with Gasteiger partial charge in [-0.3, -0.25) is 4.98 Å². The molecule has 0 amide bonds. The molecule has 0 N–H and O–H groups in total. The van der Waals surface area contributed by atoms with Gasteiger partial charge in [-0.05, 0) is 24.3 Å². The van der Waals surface area contributed by atoms with Crippen molar-refractivity contribution in [2.45, 2.75) is 22.4 Å². The van der Waals surface area contributed by atoms with Gasteiger partial charge in [-0.15, -0.1) is 0 Å². The molecule has 0 bridgehead atoms. The molecule has 4 aromatic rings. The van der Waals surface area contributed by atoms with Crippen LogP contribution in [0.5, 0.6) is 17.2 Å². The first-order valence-electron chi connectivity index (χ1n) is 9.98. The summed E-state index contributed by atoms with van der Waals surface area (Å²) in [7, 11) is -1.43. The third-order valence-electron chi connectivity index (χ3n) is 4.90. The van der Waals surface area contributed by atoms with Crippen LogP contribution >= 0.6 is 0 Å². The third kappa shape index (κ3) is 4.88. The summed E-state index contributed by atoms with van der Waals surface area (Å²) in [5, 5.41) is -0.315. The van der Waals surface area contributed by atoms with Crippen molar-refractivity contribution >= 4 is 32.2 Å². The number of ether oxygens (including phenoxy) is 3. The smallest absolute Gasteiger partial charge is 0.387 e. The first-order valence-corrected chi connectivity index (χ1v) is 12.7. The van der Waals surface area contributed by atoms with Crippen molar-refractivity contribution < 1.29 is 36.0 Å². The Morgan fingerprint density at radius 1 is 1.09 bits per heavy atom. The minimum Gasteiger partial charge on any atom is -0.609 e. The van der Waals surface area contributed by atoms with E-state index < -0.39 is 27.8 Å². The molecule has 2 aromatic heterocycles. The van der Waals surface area contributed by atoms with Gasteiger partial charge in [0.1, 0.15) is 11.4 Å². The first-order chi connectivity index (χ1) is 16.8. The molecule has 13 heteroatoms. The molecule has 0 fully saturated rings. The SMILES string of the molecule is COc1ccnc(C[S+]([O-])c2nc3cc(OC(F)F)ccc3n2S(=O)(=O)c2ccccc2)c1OC. The molecule has 184 valence electrons. The number of rotatable bonds is 9. The van der Waals surface area contributed by atoms with Crippen LogP contribution in [0.4, 0.5) is 8.78 Å². The summed E-state index contributed by atoms with van der Waals surface area (Å²) in [5.74, 6) is 0.120. The number of imidazole rings is 1. The zero-order chi connectivity index (χ0) is 25.2. The monoisotopic (exact) mass is 523 g/mol. The van der Waals surface area contributed by atoms with Crippen LogP contribution in [0.15, 0.2) is 70.8 Å². The Balaban J connectivity index is 1.87. The number of fused-ring (bicyclic) bond motifs is 1. The predicted molar refractivity (Wildman–Crippen MR) is 123 cm³/mol. The van der Waals surface area contributed by atoms with Gasteiger partial charge >= 0.3 is 11.8 Å². The van der Waals surface area contributed by atoms with E-state index in [0.29, 0.717) is 5.75 Å². The Bertz CT molecular complexity index is 1450. The summed E-state index contributed by atoms with van der Waals surface area (Å²) in [6.07, 6.45) is 1.44. The molecule has 0 aliphatic rings. The zero-order valence-electron chi connectivity index (χ0n) is 18.4. The molecular formula is C22H19F2N3O6S2. The van der Waals surface area contributed by atoms with Crippen molar-refractivity contribution in [3.63, 3.8) is 0 Å². The van der Waals surface area contributed by atoms with E-state index in [-0.39, 0.29) is 44.0 Å². The van der Waals surface area contributed by atoms with E-state index in [1.165, 1.54) is 44.7 Å². The highest BCUT2D eigenvalue weighted by atomic mass is 32.2. The van der Waals surface area contributed by atoms with Crippen LogP contribution in [0, 0.1) is 0 Å². The fraction of sp³-hybridized carbons (Fsp3) is 0.182. The van der Waals surface area contributed by atoms with Crippen LogP contribution in [-0.4, -0.2) is 47.7 Å². The van der Waals surface area contributed by atoms with Crippen molar-refractivity contribution in [1.29, 1.82) is 0 Å². The summed E-state index contributed by atoms with van der Waals surface area (Å²) < 4.78 is 81.8. The minimum absolute atomic E-state index is 0.0107. The molecule has 4 rings (SSSR count). The Hall–Kier alpha value is -3.42. The van der Waals surface area contributed by atoms with Crippen molar-refractivity contribution in [2.75, 3.05) is 14.2 Å². The van der Waals surface area contributed by atoms with Crippen LogP contribution in [0.25, 0.3) is 11.0 Å². The van der Waals surface area contributed by atoms with Crippen molar-refractivity contribution in [2.24, 2.45) is 0 Å². The number of halogens is 2. The molecule has 0 radical (unpaired) electrons. The topological polar surface area (TPSA) is 116 Å². The molecule has 1 unspecified atom stereocenters. The molecule has 0 saturated heterocycles. The number of benzene rings is 2. The van der Waals surface area contributed by atoms with Gasteiger partial charge in [-0.2, -0.15) is 17.7 Å². The van der Waals surface area contributed by atoms with Crippen LogP contribution in [0.1, 0.15) is 5.69 Å². The highest BCUT2D eigenvalue weighted by molar-refractivity contribution is 7.93. The molecular weight excluding hydrogens is 504 g/mol. The van der Waals surface area contributed by atoms with E-state index in [1.54, 1.807) is 24.3 Å². The fourth-order valence-electron chi connectivity index (χ4n) is 3.41. The summed E-state index contributed by atoms with van der Waals surface area (Å²) in [6.45, 7) is -3.08. The van der Waals surface area contributed by atoms with Gasteiger partial charge in [-0.25, -0.2) is 8.42 Å². The van der Waals surface area contributed by atoms with Crippen molar-refractivity contribution in [3.05, 3.63) is 66.5 Å². The largest absolute Gasteiger partial charge is 0.609 e. The Labute approximate surface area is 202 Å². The van der Waals surface area contributed by atoms with Gasteiger partial charge in [0, 0.05) is 29.5 Å². The van der Waals surface area contributed by atoms with E-state index in [9.17, 15) is 21.8 Å². The Morgan fingerprint density at radius 2 is 1.83 bits per heavy atom. The average Bonchev–Trinajstić information content (AvgIpc) is 3.24. The van der Waals surface area contributed by atoms with E-state index in [4.69, 9.17) is 9.47 Å². The molecule has 2 aromatic carbocycles. The third-order valence-corrected chi connectivity index (χ3v) is 7.95. The maximum absolute atomic E-state index is 13.5. The van der Waals surface area contributed by atoms with Gasteiger partial charge in [0.25, 0.3) is 10.0 Å². The Kier molecular flexibility index (Phi) is 7.10. The molecule has 9 nitrogen and oxygen atoms in total. The number of hydrogen-bond donors (Lipinski definition) is 0. The van der Waals surface area contributed by atoms with E-state index in [1.807, 2.05) is 0 Å². The first kappa shape index (κ1) is 24.7. The molecule has 35 heavy (non-hydrogen) atoms. The lowest BCUT2D eigenvalue weighted by Crippen LogP contribution is -2.20. The maximum Gasteiger partial charge on any atom is 0.387 e. The van der Waals surface area contributed by atoms with Gasteiger partial charge in [0.05, 0.1) is 30.1 Å². The van der Waals surface area contributed by atoms with Gasteiger partial charge in [0.15, 0.2) is 17.3 Å². The lowest BCUT2D eigenvalue weighted by Gasteiger charge is -2.15. The molecule has 0 saturated carbocycles. The molecule has 0 spiro atoms. The second-order valence-electron chi connectivity index (χ2n) is 6.99. The summed E-state index contributed by atoms with van der Waals surface area (Å²) in [5.41, 5.74) is 0.309. The highest BCUT2D eigenvalue weighted by Crippen LogP contribution is 2.34. The average molecular weight is 524 g/mol. The van der Waals surface area contributed by atoms with Crippen LogP contribution in [0.2, 0.25) is 0 Å². The zero-order valence-corrected chi connectivity index (χ0v) is 20.1. The van der Waals surface area contributed by atoms with Crippen molar-refractivity contribution in [3.8, 4) is 17.2 Å². The molecule has 2 heterocycles. The second-order valence-corrected chi connectivity index (χ2v) is 10.1. The predicted octanol–water partition coefficient (Wildman–Crippen LogP) is 3.59. The summed E-state index contributed by atoms with van der Waals surface area (Å²) in [4.78, 5) is 8.34. The van der Waals surface area contributed by atoms with Gasteiger partial charge < -0.3 is 18.8 Å². The maximum atomic E-state index is 13.5. The molecule has 0 aliphatic carbocycles. The lowest BCUT2D eigenvalue weighted by atomic mass is 10.3. The summed E-state index contributed by atoms with van der Waals surface area (Å²) in [6, 6.07) is 12.7. The quantitative estimate of drug-likeness (QED) is 0.306. The van der Waals surface area contributed by atoms with Crippen molar-refractivity contribution in [1.82, 2.24) is 13.9 Å². The van der Waals surface area contributed by atoms with E-state index >= 15 is 0 Å².